The summed E-state index contributed by atoms with van der Waals surface area (Å²) in [7, 11) is 0. The predicted molar refractivity (Wildman–Crippen MR) is 70.7 cm³/mol. The highest BCUT2D eigenvalue weighted by Crippen LogP contribution is 2.34. The molecule has 5 heteroatoms. The summed E-state index contributed by atoms with van der Waals surface area (Å²) < 4.78 is 10.7. The lowest BCUT2D eigenvalue weighted by Crippen LogP contribution is -1.98. The van der Waals surface area contributed by atoms with Crippen molar-refractivity contribution in [3.8, 4) is 17.1 Å². The summed E-state index contributed by atoms with van der Waals surface area (Å²) in [5, 5.41) is 4.32. The molecule has 0 amide bonds. The van der Waals surface area contributed by atoms with Crippen molar-refractivity contribution >= 4 is 11.6 Å². The molecule has 18 heavy (non-hydrogen) atoms. The van der Waals surface area contributed by atoms with Crippen LogP contribution in [0.25, 0.3) is 11.3 Å². The molecule has 0 spiro atoms. The number of hydrogen-bond donors (Lipinski definition) is 1. The summed E-state index contributed by atoms with van der Waals surface area (Å²) in [5.41, 5.74) is 8.40. The van der Waals surface area contributed by atoms with Crippen LogP contribution in [0.15, 0.2) is 22.9 Å². The van der Waals surface area contributed by atoms with Crippen molar-refractivity contribution in [1.82, 2.24) is 5.16 Å². The minimum absolute atomic E-state index is 0.378. The van der Waals surface area contributed by atoms with Gasteiger partial charge in [-0.05, 0) is 31.5 Å². The lowest BCUT2D eigenvalue weighted by Gasteiger charge is -2.10. The maximum absolute atomic E-state index is 6.17. The van der Waals surface area contributed by atoms with Crippen molar-refractivity contribution in [1.29, 1.82) is 0 Å². The molecule has 4 nitrogen and oxygen atoms in total. The number of benzene rings is 1. The molecule has 1 heterocycles. The number of aryl methyl sites for hydroxylation is 1. The van der Waals surface area contributed by atoms with E-state index in [2.05, 4.69) is 5.16 Å². The smallest absolute Gasteiger partial charge is 0.171 e. The zero-order valence-electron chi connectivity index (χ0n) is 10.4. The van der Waals surface area contributed by atoms with Crippen LogP contribution in [0.3, 0.4) is 0 Å². The number of nitrogens with two attached hydrogens (primary N) is 1. The Morgan fingerprint density at radius 2 is 2.22 bits per heavy atom. The number of halogens is 1. The van der Waals surface area contributed by atoms with Crippen LogP contribution in [-0.2, 0) is 6.54 Å². The molecule has 0 saturated heterocycles. The fourth-order valence-corrected chi connectivity index (χ4v) is 2.01. The predicted octanol–water partition coefficient (Wildman–Crippen LogP) is 3.16. The van der Waals surface area contributed by atoms with Crippen molar-refractivity contribution in [2.24, 2.45) is 5.73 Å². The monoisotopic (exact) mass is 266 g/mol. The Labute approximate surface area is 111 Å². The van der Waals surface area contributed by atoms with Crippen LogP contribution in [0.2, 0.25) is 5.02 Å². The molecule has 0 atom stereocenters. The van der Waals surface area contributed by atoms with Crippen molar-refractivity contribution in [3.63, 3.8) is 0 Å². The first kappa shape index (κ1) is 12.9. The van der Waals surface area contributed by atoms with Gasteiger partial charge in [-0.2, -0.15) is 0 Å². The van der Waals surface area contributed by atoms with Gasteiger partial charge in [-0.15, -0.1) is 0 Å². The van der Waals surface area contributed by atoms with Crippen molar-refractivity contribution in [2.75, 3.05) is 6.61 Å². The minimum atomic E-state index is 0.378. The average Bonchev–Trinajstić information content (AvgIpc) is 2.81. The van der Waals surface area contributed by atoms with Gasteiger partial charge in [0.05, 0.1) is 17.8 Å². The molecule has 0 radical (unpaired) electrons. The molecular weight excluding hydrogens is 252 g/mol. The molecule has 0 aliphatic heterocycles. The van der Waals surface area contributed by atoms with Crippen LogP contribution in [0.4, 0.5) is 0 Å². The molecule has 2 aromatic rings. The number of ether oxygens (including phenoxy) is 1. The Morgan fingerprint density at radius 3 is 2.89 bits per heavy atom. The highest BCUT2D eigenvalue weighted by Gasteiger charge is 2.15. The number of aromatic nitrogens is 1. The summed E-state index contributed by atoms with van der Waals surface area (Å²) in [5.74, 6) is 1.34. The molecule has 96 valence electrons. The Kier molecular flexibility index (Phi) is 3.89. The molecule has 0 aliphatic rings. The van der Waals surface area contributed by atoms with Gasteiger partial charge in [0.2, 0.25) is 0 Å². The molecule has 0 bridgehead atoms. The van der Waals surface area contributed by atoms with E-state index in [0.29, 0.717) is 29.7 Å². The van der Waals surface area contributed by atoms with E-state index >= 15 is 0 Å². The Balaban J connectivity index is 2.49. The maximum Gasteiger partial charge on any atom is 0.171 e. The zero-order chi connectivity index (χ0) is 13.1. The largest absolute Gasteiger partial charge is 0.492 e. The lowest BCUT2D eigenvalue weighted by atomic mass is 10.0. The van der Waals surface area contributed by atoms with Gasteiger partial charge in [0, 0.05) is 17.7 Å². The van der Waals surface area contributed by atoms with Gasteiger partial charge in [-0.3, -0.25) is 0 Å². The van der Waals surface area contributed by atoms with Gasteiger partial charge < -0.3 is 15.0 Å². The van der Waals surface area contributed by atoms with Gasteiger partial charge >= 0.3 is 0 Å². The molecule has 0 fully saturated rings. The topological polar surface area (TPSA) is 61.3 Å². The van der Waals surface area contributed by atoms with Crippen molar-refractivity contribution in [3.05, 3.63) is 34.5 Å². The molecule has 1 aromatic carbocycles. The summed E-state index contributed by atoms with van der Waals surface area (Å²) in [6, 6.07) is 3.71. The first-order valence-corrected chi connectivity index (χ1v) is 6.12. The molecule has 2 rings (SSSR count). The second kappa shape index (κ2) is 5.42. The minimum Gasteiger partial charge on any atom is -0.492 e. The average molecular weight is 267 g/mol. The van der Waals surface area contributed by atoms with Gasteiger partial charge in [0.15, 0.2) is 5.76 Å². The van der Waals surface area contributed by atoms with E-state index in [1.165, 1.54) is 0 Å². The SMILES string of the molecule is CCOc1cc(C)c(-c2oncc2CN)cc1Cl. The summed E-state index contributed by atoms with van der Waals surface area (Å²) in [4.78, 5) is 0. The summed E-state index contributed by atoms with van der Waals surface area (Å²) in [6.07, 6.45) is 1.62. The van der Waals surface area contributed by atoms with Crippen LogP contribution in [0.1, 0.15) is 18.1 Å². The molecule has 1 aromatic heterocycles. The third-order valence-electron chi connectivity index (χ3n) is 2.69. The van der Waals surface area contributed by atoms with Crippen LogP contribution in [0.5, 0.6) is 5.75 Å². The van der Waals surface area contributed by atoms with E-state index in [1.54, 1.807) is 6.20 Å². The normalized spacial score (nSPS) is 10.7. The quantitative estimate of drug-likeness (QED) is 0.923. The van der Waals surface area contributed by atoms with Crippen LogP contribution in [0, 0.1) is 6.92 Å². The van der Waals surface area contributed by atoms with Crippen LogP contribution >= 0.6 is 11.6 Å². The van der Waals surface area contributed by atoms with E-state index in [4.69, 9.17) is 26.6 Å². The Morgan fingerprint density at radius 1 is 1.44 bits per heavy atom. The third-order valence-corrected chi connectivity index (χ3v) is 2.98. The first-order valence-electron chi connectivity index (χ1n) is 5.74. The van der Waals surface area contributed by atoms with E-state index in [9.17, 15) is 0 Å². The Hall–Kier alpha value is -1.52. The van der Waals surface area contributed by atoms with E-state index in [0.717, 1.165) is 16.7 Å². The standard InChI is InChI=1S/C13H15ClN2O2/c1-3-17-12-4-8(2)10(5-11(12)14)13-9(6-15)7-16-18-13/h4-5,7H,3,6,15H2,1-2H3. The number of nitrogens with zero attached hydrogens (tertiary/aromatic N) is 1. The Bertz CT molecular complexity index is 552. The van der Waals surface area contributed by atoms with Crippen LogP contribution < -0.4 is 10.5 Å². The number of hydrogen-bond acceptors (Lipinski definition) is 4. The van der Waals surface area contributed by atoms with Gasteiger partial charge in [-0.25, -0.2) is 0 Å². The molecular formula is C13H15ClN2O2. The fraction of sp³-hybridized carbons (Fsp3) is 0.308. The highest BCUT2D eigenvalue weighted by atomic mass is 35.5. The highest BCUT2D eigenvalue weighted by molar-refractivity contribution is 6.32. The first-order chi connectivity index (χ1) is 8.67. The van der Waals surface area contributed by atoms with Crippen LogP contribution in [-0.4, -0.2) is 11.8 Å². The molecule has 0 aliphatic carbocycles. The fourth-order valence-electron chi connectivity index (χ4n) is 1.79. The third kappa shape index (κ3) is 2.35. The van der Waals surface area contributed by atoms with Gasteiger partial charge in [0.25, 0.3) is 0 Å². The van der Waals surface area contributed by atoms with E-state index in [-0.39, 0.29) is 0 Å². The van der Waals surface area contributed by atoms with E-state index in [1.807, 2.05) is 26.0 Å². The summed E-state index contributed by atoms with van der Waals surface area (Å²) >= 11 is 6.17. The second-order valence-corrected chi connectivity index (χ2v) is 4.32. The summed E-state index contributed by atoms with van der Waals surface area (Å²) in [6.45, 7) is 4.84. The maximum atomic E-state index is 6.17. The van der Waals surface area contributed by atoms with Crippen molar-refractivity contribution < 1.29 is 9.26 Å². The molecule has 0 saturated carbocycles. The zero-order valence-corrected chi connectivity index (χ0v) is 11.1. The van der Waals surface area contributed by atoms with Gasteiger partial charge in [-0.1, -0.05) is 16.8 Å². The number of rotatable bonds is 4. The molecule has 0 unspecified atom stereocenters. The lowest BCUT2D eigenvalue weighted by molar-refractivity contribution is 0.340. The van der Waals surface area contributed by atoms with Crippen molar-refractivity contribution in [2.45, 2.75) is 20.4 Å². The molecule has 2 N–H and O–H groups in total. The second-order valence-electron chi connectivity index (χ2n) is 3.91. The van der Waals surface area contributed by atoms with E-state index < -0.39 is 0 Å². The van der Waals surface area contributed by atoms with Gasteiger partial charge in [0.1, 0.15) is 5.75 Å².